The highest BCUT2D eigenvalue weighted by Crippen LogP contribution is 2.30. The van der Waals surface area contributed by atoms with Gasteiger partial charge in [-0.3, -0.25) is 0 Å². The number of carbonyl (C=O) groups is 1. The number of nitrogens with one attached hydrogen (secondary N) is 1. The number of anilines is 2. The first-order valence-electron chi connectivity index (χ1n) is 7.38. The maximum atomic E-state index is 11.8. The third-order valence-corrected chi connectivity index (χ3v) is 4.23. The van der Waals surface area contributed by atoms with Crippen LogP contribution in [-0.2, 0) is 4.74 Å². The summed E-state index contributed by atoms with van der Waals surface area (Å²) in [4.78, 5) is 11.8. The molecule has 2 rings (SSSR count). The van der Waals surface area contributed by atoms with E-state index in [1.54, 1.807) is 6.07 Å². The Morgan fingerprint density at radius 3 is 2.65 bits per heavy atom. The summed E-state index contributed by atoms with van der Waals surface area (Å²) in [5.74, 6) is 0.515. The number of hydrogen-bond donors (Lipinski definition) is 2. The van der Waals surface area contributed by atoms with Gasteiger partial charge < -0.3 is 15.8 Å². The number of nitrogen functional groups attached to an aromatic ring is 1. The highest BCUT2D eigenvalue weighted by molar-refractivity contribution is 5.96. The van der Waals surface area contributed by atoms with Crippen LogP contribution < -0.4 is 11.1 Å². The highest BCUT2D eigenvalue weighted by Gasteiger charge is 2.21. The van der Waals surface area contributed by atoms with Crippen LogP contribution in [0.4, 0.5) is 11.4 Å². The average molecular weight is 276 g/mol. The zero-order chi connectivity index (χ0) is 14.5. The molecule has 0 aliphatic heterocycles. The van der Waals surface area contributed by atoms with E-state index in [1.165, 1.54) is 26.4 Å². The van der Waals surface area contributed by atoms with Crippen molar-refractivity contribution in [2.24, 2.45) is 5.92 Å². The lowest BCUT2D eigenvalue weighted by atomic mass is 9.84. The Labute approximate surface area is 120 Å². The molecule has 0 radical (unpaired) electrons. The molecule has 20 heavy (non-hydrogen) atoms. The van der Waals surface area contributed by atoms with Gasteiger partial charge in [-0.1, -0.05) is 13.3 Å². The molecule has 1 aromatic carbocycles. The van der Waals surface area contributed by atoms with Crippen LogP contribution in [0.15, 0.2) is 18.2 Å². The second-order valence-corrected chi connectivity index (χ2v) is 5.57. The van der Waals surface area contributed by atoms with E-state index in [9.17, 15) is 4.79 Å². The molecule has 0 bridgehead atoms. The van der Waals surface area contributed by atoms with E-state index in [2.05, 4.69) is 12.2 Å². The smallest absolute Gasteiger partial charge is 0.340 e. The number of nitrogens with two attached hydrogens (primary N) is 1. The van der Waals surface area contributed by atoms with E-state index in [0.717, 1.165) is 24.4 Å². The molecule has 1 aromatic rings. The SMILES string of the molecule is CCC1CCC(Nc2ccc(N)cc2C(=O)OC)CC1. The van der Waals surface area contributed by atoms with Gasteiger partial charge in [0, 0.05) is 17.4 Å². The third-order valence-electron chi connectivity index (χ3n) is 4.23. The van der Waals surface area contributed by atoms with Crippen LogP contribution in [0.1, 0.15) is 49.4 Å². The second-order valence-electron chi connectivity index (χ2n) is 5.57. The molecule has 1 fully saturated rings. The fourth-order valence-electron chi connectivity index (χ4n) is 2.90. The molecule has 1 aliphatic rings. The van der Waals surface area contributed by atoms with Gasteiger partial charge in [0.15, 0.2) is 0 Å². The van der Waals surface area contributed by atoms with Gasteiger partial charge in [0.2, 0.25) is 0 Å². The standard InChI is InChI=1S/C16H24N2O2/c1-3-11-4-7-13(8-5-11)18-15-9-6-12(17)10-14(15)16(19)20-2/h6,9-11,13,18H,3-5,7-8,17H2,1-2H3. The summed E-state index contributed by atoms with van der Waals surface area (Å²) >= 11 is 0. The van der Waals surface area contributed by atoms with Crippen molar-refractivity contribution in [1.82, 2.24) is 0 Å². The molecule has 0 heterocycles. The van der Waals surface area contributed by atoms with Gasteiger partial charge >= 0.3 is 5.97 Å². The Morgan fingerprint density at radius 1 is 1.35 bits per heavy atom. The molecular formula is C16H24N2O2. The first-order chi connectivity index (χ1) is 9.63. The summed E-state index contributed by atoms with van der Waals surface area (Å²) in [5.41, 5.74) is 7.67. The summed E-state index contributed by atoms with van der Waals surface area (Å²) in [7, 11) is 1.39. The van der Waals surface area contributed by atoms with Gasteiger partial charge in [0.05, 0.1) is 12.7 Å². The van der Waals surface area contributed by atoms with Gasteiger partial charge in [-0.25, -0.2) is 4.79 Å². The molecule has 1 saturated carbocycles. The van der Waals surface area contributed by atoms with Crippen molar-refractivity contribution < 1.29 is 9.53 Å². The molecule has 4 nitrogen and oxygen atoms in total. The lowest BCUT2D eigenvalue weighted by Gasteiger charge is -2.29. The Morgan fingerprint density at radius 2 is 2.05 bits per heavy atom. The average Bonchev–Trinajstić information content (AvgIpc) is 2.49. The van der Waals surface area contributed by atoms with Crippen LogP contribution >= 0.6 is 0 Å². The predicted molar refractivity (Wildman–Crippen MR) is 81.9 cm³/mol. The molecular weight excluding hydrogens is 252 g/mol. The minimum Gasteiger partial charge on any atom is -0.465 e. The van der Waals surface area contributed by atoms with E-state index in [0.29, 0.717) is 17.3 Å². The Kier molecular flexibility index (Phi) is 4.88. The molecule has 1 aliphatic carbocycles. The summed E-state index contributed by atoms with van der Waals surface area (Å²) in [6.07, 6.45) is 6.10. The molecule has 0 amide bonds. The fourth-order valence-corrected chi connectivity index (χ4v) is 2.90. The first kappa shape index (κ1) is 14.7. The second kappa shape index (κ2) is 6.64. The lowest BCUT2D eigenvalue weighted by molar-refractivity contribution is 0.0602. The summed E-state index contributed by atoms with van der Waals surface area (Å²) in [6, 6.07) is 5.79. The van der Waals surface area contributed by atoms with Crippen LogP contribution in [0.5, 0.6) is 0 Å². The lowest BCUT2D eigenvalue weighted by Crippen LogP contribution is -2.26. The van der Waals surface area contributed by atoms with E-state index in [1.807, 2.05) is 12.1 Å². The maximum absolute atomic E-state index is 11.8. The number of esters is 1. The van der Waals surface area contributed by atoms with Gasteiger partial charge in [0.25, 0.3) is 0 Å². The molecule has 0 unspecified atom stereocenters. The molecule has 3 N–H and O–H groups in total. The van der Waals surface area contributed by atoms with Crippen molar-refractivity contribution >= 4 is 17.3 Å². The van der Waals surface area contributed by atoms with Crippen LogP contribution in [-0.4, -0.2) is 19.1 Å². The van der Waals surface area contributed by atoms with Crippen molar-refractivity contribution in [3.05, 3.63) is 23.8 Å². The Balaban J connectivity index is 2.07. The minimum atomic E-state index is -0.345. The van der Waals surface area contributed by atoms with Crippen LogP contribution in [0.25, 0.3) is 0 Å². The molecule has 0 saturated heterocycles. The van der Waals surface area contributed by atoms with E-state index in [4.69, 9.17) is 10.5 Å². The van der Waals surface area contributed by atoms with E-state index >= 15 is 0 Å². The zero-order valence-electron chi connectivity index (χ0n) is 12.3. The number of benzene rings is 1. The van der Waals surface area contributed by atoms with Gasteiger partial charge in [-0.05, 0) is 49.8 Å². The topological polar surface area (TPSA) is 64.3 Å². The van der Waals surface area contributed by atoms with Crippen LogP contribution in [0.3, 0.4) is 0 Å². The van der Waals surface area contributed by atoms with Crippen molar-refractivity contribution in [3.8, 4) is 0 Å². The van der Waals surface area contributed by atoms with Crippen molar-refractivity contribution in [3.63, 3.8) is 0 Å². The number of methoxy groups -OCH3 is 1. The largest absolute Gasteiger partial charge is 0.465 e. The molecule has 4 heteroatoms. The van der Waals surface area contributed by atoms with Crippen molar-refractivity contribution in [1.29, 1.82) is 0 Å². The summed E-state index contributed by atoms with van der Waals surface area (Å²) < 4.78 is 4.82. The zero-order valence-corrected chi connectivity index (χ0v) is 12.3. The van der Waals surface area contributed by atoms with E-state index in [-0.39, 0.29) is 5.97 Å². The van der Waals surface area contributed by atoms with Crippen LogP contribution in [0, 0.1) is 5.92 Å². The Bertz CT molecular complexity index is 466. The predicted octanol–water partition coefficient (Wildman–Crippen LogP) is 3.44. The number of rotatable bonds is 4. The normalized spacial score (nSPS) is 22.3. The minimum absolute atomic E-state index is 0.345. The number of ether oxygens (including phenoxy) is 1. The quantitative estimate of drug-likeness (QED) is 0.653. The monoisotopic (exact) mass is 276 g/mol. The fraction of sp³-hybridized carbons (Fsp3) is 0.562. The van der Waals surface area contributed by atoms with Crippen molar-refractivity contribution in [2.75, 3.05) is 18.2 Å². The summed E-state index contributed by atoms with van der Waals surface area (Å²) in [6.45, 7) is 2.26. The molecule has 0 atom stereocenters. The first-order valence-corrected chi connectivity index (χ1v) is 7.38. The van der Waals surface area contributed by atoms with Crippen LogP contribution in [0.2, 0.25) is 0 Å². The third kappa shape index (κ3) is 3.44. The molecule has 110 valence electrons. The highest BCUT2D eigenvalue weighted by atomic mass is 16.5. The number of carbonyl (C=O) groups excluding carboxylic acids is 1. The van der Waals surface area contributed by atoms with Gasteiger partial charge in [0.1, 0.15) is 0 Å². The van der Waals surface area contributed by atoms with Gasteiger partial charge in [-0.15, -0.1) is 0 Å². The molecule has 0 aromatic heterocycles. The van der Waals surface area contributed by atoms with Gasteiger partial charge in [-0.2, -0.15) is 0 Å². The number of hydrogen-bond acceptors (Lipinski definition) is 4. The maximum Gasteiger partial charge on any atom is 0.340 e. The van der Waals surface area contributed by atoms with Crippen molar-refractivity contribution in [2.45, 2.75) is 45.1 Å². The summed E-state index contributed by atoms with van der Waals surface area (Å²) in [5, 5.41) is 3.48. The Hall–Kier alpha value is -1.71. The molecule has 0 spiro atoms. The van der Waals surface area contributed by atoms with E-state index < -0.39 is 0 Å².